The molecule has 0 aromatic heterocycles. The van der Waals surface area contributed by atoms with Gasteiger partial charge in [0.15, 0.2) is 0 Å². The molecule has 0 saturated carbocycles. The van der Waals surface area contributed by atoms with E-state index in [1.54, 1.807) is 6.08 Å². The van der Waals surface area contributed by atoms with Crippen molar-refractivity contribution < 1.29 is 14.3 Å². The lowest BCUT2D eigenvalue weighted by Gasteiger charge is -1.95. The van der Waals surface area contributed by atoms with E-state index in [1.165, 1.54) is 32.4 Å². The molecule has 0 radical (unpaired) electrons. The van der Waals surface area contributed by atoms with Crippen molar-refractivity contribution in [2.24, 2.45) is 0 Å². The monoisotopic (exact) mass is 198 g/mol. The fourth-order valence-corrected chi connectivity index (χ4v) is 0.950. The molecular weight excluding hydrogens is 180 g/mol. The number of allylic oxidation sites excluding steroid dienone is 1. The molecule has 14 heavy (non-hydrogen) atoms. The molecule has 0 aliphatic carbocycles. The quantitative estimate of drug-likeness (QED) is 0.273. The minimum atomic E-state index is -0.796. The summed E-state index contributed by atoms with van der Waals surface area (Å²) in [5.41, 5.74) is 0. The molecule has 0 fully saturated rings. The van der Waals surface area contributed by atoms with E-state index in [4.69, 9.17) is 0 Å². The molecule has 3 heteroatoms. The molecular formula is C11H18O3. The van der Waals surface area contributed by atoms with E-state index in [2.05, 4.69) is 11.7 Å². The molecule has 0 aliphatic rings. The first-order chi connectivity index (χ1) is 6.68. The van der Waals surface area contributed by atoms with Crippen molar-refractivity contribution in [1.29, 1.82) is 0 Å². The van der Waals surface area contributed by atoms with E-state index in [1.807, 2.05) is 0 Å². The van der Waals surface area contributed by atoms with Gasteiger partial charge in [0.2, 0.25) is 5.78 Å². The van der Waals surface area contributed by atoms with Gasteiger partial charge in [-0.25, -0.2) is 4.79 Å². The van der Waals surface area contributed by atoms with Crippen LogP contribution >= 0.6 is 0 Å². The maximum Gasteiger partial charge on any atom is 0.379 e. The maximum atomic E-state index is 10.7. The minimum Gasteiger partial charge on any atom is -0.429 e. The summed E-state index contributed by atoms with van der Waals surface area (Å²) in [5.74, 6) is -1.37. The van der Waals surface area contributed by atoms with Gasteiger partial charge in [0.05, 0.1) is 6.26 Å². The van der Waals surface area contributed by atoms with E-state index in [0.717, 1.165) is 12.8 Å². The summed E-state index contributed by atoms with van der Waals surface area (Å²) in [6.45, 7) is 3.35. The second-order valence-electron chi connectivity index (χ2n) is 3.18. The van der Waals surface area contributed by atoms with Gasteiger partial charge in [0.1, 0.15) is 0 Å². The molecule has 0 aromatic rings. The van der Waals surface area contributed by atoms with Crippen LogP contribution in [0.15, 0.2) is 12.3 Å². The molecule has 0 heterocycles. The number of ketones is 1. The predicted molar refractivity (Wildman–Crippen MR) is 54.7 cm³/mol. The van der Waals surface area contributed by atoms with Gasteiger partial charge in [-0.2, -0.15) is 0 Å². The molecule has 0 bridgehead atoms. The highest BCUT2D eigenvalue weighted by molar-refractivity contribution is 6.32. The number of unbranched alkanes of at least 4 members (excludes halogenated alkanes) is 4. The highest BCUT2D eigenvalue weighted by Crippen LogP contribution is 2.02. The zero-order valence-electron chi connectivity index (χ0n) is 8.91. The Morgan fingerprint density at radius 3 is 2.50 bits per heavy atom. The van der Waals surface area contributed by atoms with Crippen molar-refractivity contribution in [3.8, 4) is 0 Å². The summed E-state index contributed by atoms with van der Waals surface area (Å²) in [4.78, 5) is 21.1. The number of hydrogen-bond donors (Lipinski definition) is 0. The smallest absolute Gasteiger partial charge is 0.379 e. The van der Waals surface area contributed by atoms with Gasteiger partial charge in [-0.3, -0.25) is 4.79 Å². The SMILES string of the molecule is CCCCCCC=COC(=O)C(C)=O. The average molecular weight is 198 g/mol. The van der Waals surface area contributed by atoms with E-state index in [0.29, 0.717) is 0 Å². The zero-order chi connectivity index (χ0) is 10.8. The average Bonchev–Trinajstić information content (AvgIpc) is 2.16. The van der Waals surface area contributed by atoms with Crippen LogP contribution < -0.4 is 0 Å². The molecule has 80 valence electrons. The highest BCUT2D eigenvalue weighted by Gasteiger charge is 2.05. The van der Waals surface area contributed by atoms with Gasteiger partial charge in [-0.15, -0.1) is 0 Å². The molecule has 0 atom stereocenters. The van der Waals surface area contributed by atoms with Crippen LogP contribution in [-0.2, 0) is 14.3 Å². The van der Waals surface area contributed by atoms with Gasteiger partial charge in [0, 0.05) is 6.92 Å². The number of rotatable bonds is 7. The Morgan fingerprint density at radius 1 is 1.21 bits per heavy atom. The Kier molecular flexibility index (Phi) is 7.80. The molecule has 0 aliphatic heterocycles. The topological polar surface area (TPSA) is 43.4 Å². The lowest BCUT2D eigenvalue weighted by Crippen LogP contribution is -2.09. The van der Waals surface area contributed by atoms with Crippen molar-refractivity contribution in [3.63, 3.8) is 0 Å². The van der Waals surface area contributed by atoms with Crippen molar-refractivity contribution in [2.45, 2.75) is 46.0 Å². The van der Waals surface area contributed by atoms with Gasteiger partial charge in [-0.1, -0.05) is 26.2 Å². The van der Waals surface area contributed by atoms with Crippen LogP contribution in [-0.4, -0.2) is 11.8 Å². The molecule has 0 saturated heterocycles. The number of ether oxygens (including phenoxy) is 1. The van der Waals surface area contributed by atoms with Crippen LogP contribution in [0.4, 0.5) is 0 Å². The first-order valence-electron chi connectivity index (χ1n) is 5.05. The second kappa shape index (κ2) is 8.48. The number of esters is 1. The second-order valence-corrected chi connectivity index (χ2v) is 3.18. The standard InChI is InChI=1S/C11H18O3/c1-3-4-5-6-7-8-9-14-11(13)10(2)12/h8-9H,3-7H2,1-2H3. The zero-order valence-corrected chi connectivity index (χ0v) is 8.91. The van der Waals surface area contributed by atoms with Crippen molar-refractivity contribution >= 4 is 11.8 Å². The Hall–Kier alpha value is -1.12. The van der Waals surface area contributed by atoms with Crippen LogP contribution in [0.2, 0.25) is 0 Å². The normalized spacial score (nSPS) is 10.4. The Balaban J connectivity index is 3.36. The Morgan fingerprint density at radius 2 is 1.93 bits per heavy atom. The number of carbonyl (C=O) groups excluding carboxylic acids is 2. The van der Waals surface area contributed by atoms with E-state index >= 15 is 0 Å². The fraction of sp³-hybridized carbons (Fsp3) is 0.636. The summed E-state index contributed by atoms with van der Waals surface area (Å²) in [5, 5.41) is 0. The van der Waals surface area contributed by atoms with Crippen LogP contribution in [0.1, 0.15) is 46.0 Å². The highest BCUT2D eigenvalue weighted by atomic mass is 16.5. The third-order valence-corrected chi connectivity index (χ3v) is 1.78. The number of hydrogen-bond acceptors (Lipinski definition) is 3. The number of carbonyl (C=O) groups is 2. The van der Waals surface area contributed by atoms with Crippen LogP contribution in [0.25, 0.3) is 0 Å². The molecule has 0 spiro atoms. The summed E-state index contributed by atoms with van der Waals surface area (Å²) in [6.07, 6.45) is 8.71. The fourth-order valence-electron chi connectivity index (χ4n) is 0.950. The van der Waals surface area contributed by atoms with Crippen LogP contribution in [0, 0.1) is 0 Å². The molecule has 0 aromatic carbocycles. The van der Waals surface area contributed by atoms with Crippen molar-refractivity contribution in [2.75, 3.05) is 0 Å². The molecule has 0 unspecified atom stereocenters. The first-order valence-corrected chi connectivity index (χ1v) is 5.05. The van der Waals surface area contributed by atoms with Gasteiger partial charge in [0.25, 0.3) is 0 Å². The lowest BCUT2D eigenvalue weighted by atomic mass is 10.1. The lowest BCUT2D eigenvalue weighted by molar-refractivity contribution is -0.148. The Bertz CT molecular complexity index is 207. The molecule has 0 N–H and O–H groups in total. The van der Waals surface area contributed by atoms with E-state index in [9.17, 15) is 9.59 Å². The largest absolute Gasteiger partial charge is 0.429 e. The molecule has 3 nitrogen and oxygen atoms in total. The summed E-state index contributed by atoms with van der Waals surface area (Å²) < 4.78 is 4.54. The predicted octanol–water partition coefficient (Wildman–Crippen LogP) is 2.60. The third kappa shape index (κ3) is 7.53. The minimum absolute atomic E-state index is 0.569. The Labute approximate surface area is 85.1 Å². The van der Waals surface area contributed by atoms with Gasteiger partial charge >= 0.3 is 5.97 Å². The number of Topliss-reactive ketones (excluding diaryl/α,β-unsaturated/α-hetero) is 1. The van der Waals surface area contributed by atoms with Crippen molar-refractivity contribution in [1.82, 2.24) is 0 Å². The molecule has 0 amide bonds. The third-order valence-electron chi connectivity index (χ3n) is 1.78. The van der Waals surface area contributed by atoms with E-state index < -0.39 is 11.8 Å². The molecule has 0 rings (SSSR count). The van der Waals surface area contributed by atoms with Crippen molar-refractivity contribution in [3.05, 3.63) is 12.3 Å². The summed E-state index contributed by atoms with van der Waals surface area (Å²) in [6, 6.07) is 0. The van der Waals surface area contributed by atoms with Crippen LogP contribution in [0.5, 0.6) is 0 Å². The summed E-state index contributed by atoms with van der Waals surface area (Å²) >= 11 is 0. The van der Waals surface area contributed by atoms with Gasteiger partial charge in [-0.05, 0) is 18.9 Å². The maximum absolute atomic E-state index is 10.7. The summed E-state index contributed by atoms with van der Waals surface area (Å²) in [7, 11) is 0. The van der Waals surface area contributed by atoms with E-state index in [-0.39, 0.29) is 0 Å². The first kappa shape index (κ1) is 12.9. The van der Waals surface area contributed by atoms with Crippen LogP contribution in [0.3, 0.4) is 0 Å². The van der Waals surface area contributed by atoms with Gasteiger partial charge < -0.3 is 4.74 Å².